The lowest BCUT2D eigenvalue weighted by Gasteiger charge is -2.24. The number of hydrogen-bond acceptors (Lipinski definition) is 6. The van der Waals surface area contributed by atoms with E-state index in [0.717, 1.165) is 34.4 Å². The summed E-state index contributed by atoms with van der Waals surface area (Å²) in [6.45, 7) is 10.8. The van der Waals surface area contributed by atoms with Crippen LogP contribution in [0.1, 0.15) is 35.3 Å². The summed E-state index contributed by atoms with van der Waals surface area (Å²) in [4.78, 5) is 33.0. The quantitative estimate of drug-likeness (QED) is 0.287. The summed E-state index contributed by atoms with van der Waals surface area (Å²) in [6, 6.07) is 8.10. The molecule has 2 aromatic carbocycles. The van der Waals surface area contributed by atoms with Crippen LogP contribution in [0.4, 0.5) is 10.8 Å². The van der Waals surface area contributed by atoms with Crippen molar-refractivity contribution in [3.8, 4) is 0 Å². The zero-order valence-electron chi connectivity index (χ0n) is 18.4. The van der Waals surface area contributed by atoms with Crippen LogP contribution < -0.4 is 4.90 Å². The molecule has 0 aliphatic carbocycles. The summed E-state index contributed by atoms with van der Waals surface area (Å²) in [5.41, 5.74) is 2.69. The number of nitro benzene ring substituents is 1. The summed E-state index contributed by atoms with van der Waals surface area (Å²) in [5, 5.41) is 12.3. The third-order valence-electron chi connectivity index (χ3n) is 5.20. The maximum atomic E-state index is 13.6. The van der Waals surface area contributed by atoms with Crippen LogP contribution in [0.3, 0.4) is 0 Å². The summed E-state index contributed by atoms with van der Waals surface area (Å²) in [6.07, 6.45) is 0. The first-order chi connectivity index (χ1) is 14.7. The predicted molar refractivity (Wildman–Crippen MR) is 134 cm³/mol. The van der Waals surface area contributed by atoms with Crippen molar-refractivity contribution in [2.45, 2.75) is 27.7 Å². The van der Waals surface area contributed by atoms with E-state index in [1.54, 1.807) is 0 Å². The van der Waals surface area contributed by atoms with Crippen LogP contribution in [0.15, 0.2) is 30.3 Å². The van der Waals surface area contributed by atoms with Crippen molar-refractivity contribution in [2.24, 2.45) is 0 Å². The van der Waals surface area contributed by atoms with Gasteiger partial charge in [-0.25, -0.2) is 4.98 Å². The Balaban J connectivity index is 0.00000363. The number of amides is 1. The third kappa shape index (κ3) is 5.56. The van der Waals surface area contributed by atoms with Crippen molar-refractivity contribution in [3.63, 3.8) is 0 Å². The molecular formula is C22H26Cl2N4O3S. The van der Waals surface area contributed by atoms with Crippen LogP contribution in [0.25, 0.3) is 10.2 Å². The molecule has 32 heavy (non-hydrogen) atoms. The normalized spacial score (nSPS) is 10.9. The molecule has 10 heteroatoms. The highest BCUT2D eigenvalue weighted by Crippen LogP contribution is 2.34. The molecule has 0 saturated heterocycles. The molecule has 172 valence electrons. The number of hydrogen-bond donors (Lipinski definition) is 0. The fourth-order valence-corrected chi connectivity index (χ4v) is 4.74. The summed E-state index contributed by atoms with van der Waals surface area (Å²) in [5.74, 6) is -0.477. The Hall–Kier alpha value is -2.26. The summed E-state index contributed by atoms with van der Waals surface area (Å²) < 4.78 is 1.00. The molecule has 1 amide bonds. The zero-order valence-corrected chi connectivity index (χ0v) is 20.8. The lowest BCUT2D eigenvalue weighted by molar-refractivity contribution is -0.385. The largest absolute Gasteiger partial charge is 0.302 e. The van der Waals surface area contributed by atoms with Crippen LogP contribution in [0.2, 0.25) is 5.02 Å². The van der Waals surface area contributed by atoms with Gasteiger partial charge in [-0.2, -0.15) is 0 Å². The molecular weight excluding hydrogens is 471 g/mol. The van der Waals surface area contributed by atoms with Gasteiger partial charge in [-0.3, -0.25) is 19.8 Å². The van der Waals surface area contributed by atoms with Gasteiger partial charge in [-0.05, 0) is 56.3 Å². The molecule has 7 nitrogen and oxygen atoms in total. The highest BCUT2D eigenvalue weighted by atomic mass is 35.5. The van der Waals surface area contributed by atoms with Crippen molar-refractivity contribution >= 4 is 62.3 Å². The molecule has 1 aromatic heterocycles. The predicted octanol–water partition coefficient (Wildman–Crippen LogP) is 5.89. The van der Waals surface area contributed by atoms with E-state index >= 15 is 0 Å². The Labute approximate surface area is 202 Å². The van der Waals surface area contributed by atoms with Crippen molar-refractivity contribution < 1.29 is 9.72 Å². The molecule has 0 atom stereocenters. The number of thiazole rings is 1. The summed E-state index contributed by atoms with van der Waals surface area (Å²) >= 11 is 7.50. The average molecular weight is 497 g/mol. The third-order valence-corrected chi connectivity index (χ3v) is 6.67. The Morgan fingerprint density at radius 2 is 1.84 bits per heavy atom. The molecule has 1 heterocycles. The number of aromatic nitrogens is 1. The molecule has 0 radical (unpaired) electrons. The lowest BCUT2D eigenvalue weighted by atomic mass is 10.1. The van der Waals surface area contributed by atoms with Crippen LogP contribution >= 0.6 is 35.3 Å². The van der Waals surface area contributed by atoms with E-state index in [0.29, 0.717) is 18.2 Å². The SMILES string of the molecule is CCN(CC)CCN(C(=O)c1cc(Cl)ccc1[N+](=O)[O-])c1nc2cc(C)cc(C)c2s1.Cl. The van der Waals surface area contributed by atoms with Gasteiger partial charge in [0, 0.05) is 24.2 Å². The molecule has 3 aromatic rings. The van der Waals surface area contributed by atoms with Gasteiger partial charge in [0.25, 0.3) is 11.6 Å². The van der Waals surface area contributed by atoms with Crippen LogP contribution in [0.5, 0.6) is 0 Å². The smallest absolute Gasteiger partial charge is 0.282 e. The minimum absolute atomic E-state index is 0. The van der Waals surface area contributed by atoms with Crippen LogP contribution in [-0.2, 0) is 0 Å². The Kier molecular flexibility index (Phi) is 8.98. The second kappa shape index (κ2) is 11.0. The number of aryl methyl sites for hydroxylation is 2. The van der Waals surface area contributed by atoms with E-state index in [-0.39, 0.29) is 28.7 Å². The highest BCUT2D eigenvalue weighted by molar-refractivity contribution is 7.22. The van der Waals surface area contributed by atoms with E-state index in [9.17, 15) is 14.9 Å². The Morgan fingerprint density at radius 3 is 2.47 bits per heavy atom. The summed E-state index contributed by atoms with van der Waals surface area (Å²) in [7, 11) is 0. The minimum Gasteiger partial charge on any atom is -0.302 e. The van der Waals surface area contributed by atoms with Crippen LogP contribution in [0, 0.1) is 24.0 Å². The number of fused-ring (bicyclic) bond motifs is 1. The maximum Gasteiger partial charge on any atom is 0.282 e. The van der Waals surface area contributed by atoms with Gasteiger partial charge in [0.1, 0.15) is 5.56 Å². The first-order valence-corrected chi connectivity index (χ1v) is 11.3. The minimum atomic E-state index is -0.558. The number of benzene rings is 2. The highest BCUT2D eigenvalue weighted by Gasteiger charge is 2.28. The molecule has 0 N–H and O–H groups in total. The number of rotatable bonds is 8. The topological polar surface area (TPSA) is 79.6 Å². The molecule has 0 aliphatic rings. The van der Waals surface area contributed by atoms with E-state index in [1.165, 1.54) is 34.4 Å². The molecule has 3 rings (SSSR count). The fraction of sp³-hybridized carbons (Fsp3) is 0.364. The number of likely N-dealkylation sites (N-methyl/N-ethyl adjacent to an activating group) is 1. The van der Waals surface area contributed by atoms with Crippen molar-refractivity contribution in [1.82, 2.24) is 9.88 Å². The second-order valence-corrected chi connectivity index (χ2v) is 8.74. The number of carbonyl (C=O) groups excluding carboxylic acids is 1. The van der Waals surface area contributed by atoms with Gasteiger partial charge in [0.2, 0.25) is 0 Å². The van der Waals surface area contributed by atoms with E-state index < -0.39 is 10.8 Å². The van der Waals surface area contributed by atoms with E-state index in [4.69, 9.17) is 16.6 Å². The zero-order chi connectivity index (χ0) is 22.7. The first kappa shape index (κ1) is 26.0. The van der Waals surface area contributed by atoms with Gasteiger partial charge in [0.05, 0.1) is 15.1 Å². The molecule has 0 fully saturated rings. The molecule has 0 aliphatic heterocycles. The number of carbonyl (C=O) groups is 1. The fourth-order valence-electron chi connectivity index (χ4n) is 3.53. The number of halogens is 2. The molecule has 0 unspecified atom stereocenters. The standard InChI is InChI=1S/C22H25ClN4O3S.ClH/c1-5-25(6-2)9-10-26(21(28)17-13-16(23)7-8-19(17)27(29)30)22-24-18-12-14(3)11-15(4)20(18)31-22;/h7-8,11-13H,5-6,9-10H2,1-4H3;1H. The first-order valence-electron chi connectivity index (χ1n) is 10.1. The van der Waals surface area contributed by atoms with Gasteiger partial charge < -0.3 is 4.90 Å². The van der Waals surface area contributed by atoms with Crippen molar-refractivity contribution in [3.05, 3.63) is 62.2 Å². The molecule has 0 bridgehead atoms. The van der Waals surface area contributed by atoms with E-state index in [2.05, 4.69) is 24.8 Å². The van der Waals surface area contributed by atoms with Gasteiger partial charge in [-0.1, -0.05) is 42.9 Å². The van der Waals surface area contributed by atoms with E-state index in [1.807, 2.05) is 19.9 Å². The Morgan fingerprint density at radius 1 is 1.16 bits per heavy atom. The Bertz CT molecular complexity index is 1130. The maximum absolute atomic E-state index is 13.6. The van der Waals surface area contributed by atoms with Crippen LogP contribution in [-0.4, -0.2) is 46.9 Å². The number of nitro groups is 1. The average Bonchev–Trinajstić information content (AvgIpc) is 3.14. The van der Waals surface area contributed by atoms with Gasteiger partial charge in [-0.15, -0.1) is 12.4 Å². The van der Waals surface area contributed by atoms with Gasteiger partial charge >= 0.3 is 0 Å². The van der Waals surface area contributed by atoms with Gasteiger partial charge in [0.15, 0.2) is 5.13 Å². The van der Waals surface area contributed by atoms with Crippen molar-refractivity contribution in [1.29, 1.82) is 0 Å². The molecule has 0 spiro atoms. The monoisotopic (exact) mass is 496 g/mol. The second-order valence-electron chi connectivity index (χ2n) is 7.33. The lowest BCUT2D eigenvalue weighted by Crippen LogP contribution is -2.39. The number of nitrogens with zero attached hydrogens (tertiary/aromatic N) is 4. The van der Waals surface area contributed by atoms with Crippen molar-refractivity contribution in [2.75, 3.05) is 31.1 Å². The number of anilines is 1. The molecule has 0 saturated carbocycles.